The van der Waals surface area contributed by atoms with Crippen molar-refractivity contribution in [3.05, 3.63) is 36.0 Å². The standard InChI is InChI=1S/C48H79N17O12/c1-24(39(69)58-26(3)42(72)63-35(17-12-20-55-48(53)54)46(76)59-27(4)41(71)62-33(38(52)68)15-8-10-18-49)57-40(70)25(2)61-47(77)36(22-37(66)67)65-43(73)28(5)60-45(75)34(16-9-11-19-50)64-44(74)31(51)21-29-23-56-32-14-7-6-13-30(29)32/h6-7,13-14,23-28,31,33-36,56H,8-12,15-22,49-51H2,1-5H3,(H2,52,68)(H,57,70)(H,58,69)(H,59,76)(H,60,75)(H,61,77)(H,62,71)(H,63,72)(H,64,74)(H,65,73)(H,66,67)(H4,53,54,55)/t24-,25-,26-,27-,28-,31-,33-,34-,35-,36-/m0/s1. The van der Waals surface area contributed by atoms with Gasteiger partial charge in [0.25, 0.3) is 0 Å². The Morgan fingerprint density at radius 1 is 0.519 bits per heavy atom. The number of fused-ring (bicyclic) bond motifs is 1. The first-order valence-corrected chi connectivity index (χ1v) is 25.3. The summed E-state index contributed by atoms with van der Waals surface area (Å²) in [5, 5.41) is 32.4. The number of para-hydroxylation sites is 1. The first-order valence-electron chi connectivity index (χ1n) is 25.3. The predicted molar refractivity (Wildman–Crippen MR) is 283 cm³/mol. The lowest BCUT2D eigenvalue weighted by atomic mass is 10.0. The molecule has 2 rings (SSSR count). The molecule has 1 aromatic heterocycles. The number of hydrogen-bond acceptors (Lipinski definition) is 15. The number of aliphatic carboxylic acids is 1. The summed E-state index contributed by atoms with van der Waals surface area (Å²) in [5.41, 5.74) is 35.3. The Kier molecular flexibility index (Phi) is 28.1. The van der Waals surface area contributed by atoms with Crippen LogP contribution in [0.25, 0.3) is 10.9 Å². The number of amides is 10. The topological polar surface area (TPSA) is 501 Å². The first kappa shape index (κ1) is 65.2. The van der Waals surface area contributed by atoms with Crippen molar-refractivity contribution in [3.63, 3.8) is 0 Å². The van der Waals surface area contributed by atoms with Crippen LogP contribution in [0.4, 0.5) is 0 Å². The Hall–Kier alpha value is -7.92. The van der Waals surface area contributed by atoms with Gasteiger partial charge in [0.05, 0.1) is 12.5 Å². The van der Waals surface area contributed by atoms with Gasteiger partial charge >= 0.3 is 5.97 Å². The van der Waals surface area contributed by atoms with Crippen molar-refractivity contribution >= 4 is 81.9 Å². The molecule has 0 aliphatic rings. The number of aromatic amines is 1. The Bertz CT molecular complexity index is 2400. The molecule has 0 saturated carbocycles. The van der Waals surface area contributed by atoms with Crippen molar-refractivity contribution in [2.75, 3.05) is 19.6 Å². The van der Waals surface area contributed by atoms with Gasteiger partial charge in [-0.25, -0.2) is 0 Å². The number of benzene rings is 1. The molecule has 29 heteroatoms. The minimum atomic E-state index is -1.76. The third-order valence-electron chi connectivity index (χ3n) is 12.0. The van der Waals surface area contributed by atoms with E-state index in [9.17, 15) is 57.8 Å². The molecule has 0 fully saturated rings. The van der Waals surface area contributed by atoms with Crippen molar-refractivity contribution in [2.24, 2.45) is 39.4 Å². The van der Waals surface area contributed by atoms with Crippen molar-refractivity contribution in [1.29, 1.82) is 0 Å². The summed E-state index contributed by atoms with van der Waals surface area (Å²) in [6.45, 7) is 7.14. The number of carbonyl (C=O) groups is 11. The number of primary amides is 1. The summed E-state index contributed by atoms with van der Waals surface area (Å²) in [7, 11) is 0. The van der Waals surface area contributed by atoms with Gasteiger partial charge < -0.3 is 92.3 Å². The molecular formula is C48H79N17O12. The number of carboxylic acid groups (broad SMARTS) is 1. The lowest BCUT2D eigenvalue weighted by Crippen LogP contribution is -2.59. The van der Waals surface area contributed by atoms with E-state index in [0.29, 0.717) is 38.8 Å². The number of guanidine groups is 1. The molecule has 0 unspecified atom stereocenters. The number of hydrogen-bond donors (Lipinski definition) is 17. The van der Waals surface area contributed by atoms with E-state index in [1.165, 1.54) is 34.6 Å². The van der Waals surface area contributed by atoms with E-state index in [2.05, 4.69) is 57.8 Å². The summed E-state index contributed by atoms with van der Waals surface area (Å²) in [5.74, 6) is -10.2. The molecule has 10 atom stereocenters. The summed E-state index contributed by atoms with van der Waals surface area (Å²) in [6.07, 6.45) is 3.50. The van der Waals surface area contributed by atoms with Gasteiger partial charge in [0, 0.05) is 23.6 Å². The number of aromatic nitrogens is 1. The highest BCUT2D eigenvalue weighted by Crippen LogP contribution is 2.19. The van der Waals surface area contributed by atoms with Crippen LogP contribution in [0.3, 0.4) is 0 Å². The maximum Gasteiger partial charge on any atom is 0.305 e. The molecule has 428 valence electrons. The maximum absolute atomic E-state index is 13.5. The van der Waals surface area contributed by atoms with E-state index in [1.54, 1.807) is 6.20 Å². The molecule has 1 aromatic carbocycles. The van der Waals surface area contributed by atoms with E-state index in [0.717, 1.165) is 16.5 Å². The molecule has 0 aliphatic carbocycles. The zero-order valence-corrected chi connectivity index (χ0v) is 44.2. The number of unbranched alkanes of at least 4 members (excludes halogenated alkanes) is 2. The van der Waals surface area contributed by atoms with E-state index < -0.39 is 132 Å². The van der Waals surface area contributed by atoms with Crippen LogP contribution in [0.5, 0.6) is 0 Å². The highest BCUT2D eigenvalue weighted by atomic mass is 16.4. The van der Waals surface area contributed by atoms with Crippen molar-refractivity contribution in [2.45, 2.75) is 159 Å². The van der Waals surface area contributed by atoms with Crippen molar-refractivity contribution < 1.29 is 57.8 Å². The zero-order chi connectivity index (χ0) is 57.9. The number of H-pyrrole nitrogens is 1. The second-order valence-corrected chi connectivity index (χ2v) is 18.6. The predicted octanol–water partition coefficient (Wildman–Crippen LogP) is -5.23. The van der Waals surface area contributed by atoms with Crippen LogP contribution in [-0.2, 0) is 59.2 Å². The monoisotopic (exact) mass is 1090 g/mol. The van der Waals surface area contributed by atoms with Gasteiger partial charge in [-0.3, -0.25) is 57.7 Å². The molecular weight excluding hydrogens is 1010 g/mol. The lowest BCUT2D eigenvalue weighted by molar-refractivity contribution is -0.141. The van der Waals surface area contributed by atoms with E-state index >= 15 is 0 Å². The minimum Gasteiger partial charge on any atom is -0.481 e. The van der Waals surface area contributed by atoms with Crippen LogP contribution in [0.15, 0.2) is 35.5 Å². The molecule has 29 nitrogen and oxygen atoms in total. The molecule has 0 aliphatic heterocycles. The largest absolute Gasteiger partial charge is 0.481 e. The molecule has 0 spiro atoms. The number of rotatable bonds is 35. The van der Waals surface area contributed by atoms with Gasteiger partial charge in [-0.05, 0) is 117 Å². The maximum atomic E-state index is 13.5. The van der Waals surface area contributed by atoms with Gasteiger partial charge in [-0.15, -0.1) is 0 Å². The van der Waals surface area contributed by atoms with Crippen molar-refractivity contribution in [3.8, 4) is 0 Å². The molecule has 0 radical (unpaired) electrons. The summed E-state index contributed by atoms with van der Waals surface area (Å²) in [6, 6.07) is -5.45. The van der Waals surface area contributed by atoms with Gasteiger partial charge in [-0.1, -0.05) is 18.2 Å². The molecule has 10 amide bonds. The average Bonchev–Trinajstić information content (AvgIpc) is 3.77. The Labute approximate surface area is 445 Å². The van der Waals surface area contributed by atoms with Crippen LogP contribution < -0.4 is 82.3 Å². The van der Waals surface area contributed by atoms with E-state index in [-0.39, 0.29) is 44.6 Å². The third kappa shape index (κ3) is 23.2. The summed E-state index contributed by atoms with van der Waals surface area (Å²) >= 11 is 0. The molecule has 2 aromatic rings. The number of nitrogens with one attached hydrogen (secondary N) is 10. The number of nitrogens with two attached hydrogens (primary N) is 6. The first-order chi connectivity index (χ1) is 36.3. The fourth-order valence-corrected chi connectivity index (χ4v) is 7.44. The molecule has 77 heavy (non-hydrogen) atoms. The zero-order valence-electron chi connectivity index (χ0n) is 44.2. The van der Waals surface area contributed by atoms with Crippen molar-refractivity contribution in [1.82, 2.24) is 52.8 Å². The number of carbonyl (C=O) groups excluding carboxylic acids is 10. The van der Waals surface area contributed by atoms with Crippen LogP contribution in [-0.4, -0.2) is 161 Å². The number of nitrogens with zero attached hydrogens (tertiary/aromatic N) is 1. The van der Waals surface area contributed by atoms with Crippen LogP contribution in [0.1, 0.15) is 98.0 Å². The van der Waals surface area contributed by atoms with Gasteiger partial charge in [-0.2, -0.15) is 0 Å². The number of carboxylic acids is 1. The van der Waals surface area contributed by atoms with Gasteiger partial charge in [0.15, 0.2) is 5.96 Å². The highest BCUT2D eigenvalue weighted by Gasteiger charge is 2.33. The Morgan fingerprint density at radius 2 is 0.909 bits per heavy atom. The SMILES string of the molecule is C[C@H](NC(=O)[C@H](C)NC(=O)[C@H](CC(=O)O)NC(=O)[C@H](C)NC(=O)[C@H](CCCCN)NC(=O)[C@@H](N)Cc1c[nH]c2ccccc12)C(=O)N[C@@H](C)C(=O)N[C@@H](CCCN=C(N)N)C(=O)N[C@@H](C)C(=O)N[C@@H](CCCCN)C(N)=O. The molecule has 0 saturated heterocycles. The average molecular weight is 1090 g/mol. The van der Waals surface area contributed by atoms with Crippen LogP contribution in [0, 0.1) is 0 Å². The second-order valence-electron chi connectivity index (χ2n) is 18.6. The molecule has 0 bridgehead atoms. The quantitative estimate of drug-likeness (QED) is 0.0174. The Morgan fingerprint density at radius 3 is 1.36 bits per heavy atom. The minimum absolute atomic E-state index is 0.0310. The van der Waals surface area contributed by atoms with Gasteiger partial charge in [0.1, 0.15) is 54.4 Å². The van der Waals surface area contributed by atoms with E-state index in [4.69, 9.17) is 34.4 Å². The Balaban J connectivity index is 2.03. The molecule has 1 heterocycles. The van der Waals surface area contributed by atoms with Gasteiger partial charge in [0.2, 0.25) is 59.1 Å². The fraction of sp³-hybridized carbons (Fsp3) is 0.583. The van der Waals surface area contributed by atoms with E-state index in [1.807, 2.05) is 24.3 Å². The summed E-state index contributed by atoms with van der Waals surface area (Å²) < 4.78 is 0. The molecule has 23 N–H and O–H groups in total. The highest BCUT2D eigenvalue weighted by molar-refractivity contribution is 5.99. The second kappa shape index (κ2) is 33.2. The van der Waals surface area contributed by atoms with Crippen LogP contribution in [0.2, 0.25) is 0 Å². The fourth-order valence-electron chi connectivity index (χ4n) is 7.44. The smallest absolute Gasteiger partial charge is 0.305 e. The van der Waals surface area contributed by atoms with Crippen LogP contribution >= 0.6 is 0 Å². The number of aliphatic imine (C=N–C) groups is 1. The lowest BCUT2D eigenvalue weighted by Gasteiger charge is -2.25. The summed E-state index contributed by atoms with van der Waals surface area (Å²) in [4.78, 5) is 150. The third-order valence-corrected chi connectivity index (χ3v) is 12.0. The normalized spacial score (nSPS) is 14.9.